The summed E-state index contributed by atoms with van der Waals surface area (Å²) in [5.74, 6) is 0.653. The Labute approximate surface area is 72.8 Å². The average Bonchev–Trinajstić information content (AvgIpc) is 2.58. The Balaban J connectivity index is 2.11. The average molecular weight is 165 g/mol. The molecule has 1 aliphatic rings. The predicted octanol–water partition coefficient (Wildman–Crippen LogP) is 1.14. The van der Waals surface area contributed by atoms with Crippen LogP contribution in [0.25, 0.3) is 0 Å². The van der Waals surface area contributed by atoms with Crippen LogP contribution in [0, 0.1) is 6.92 Å². The molecule has 0 saturated carbocycles. The van der Waals surface area contributed by atoms with Gasteiger partial charge in [0.05, 0.1) is 5.69 Å². The number of aromatic amines is 1. The van der Waals surface area contributed by atoms with Crippen molar-refractivity contribution in [2.24, 2.45) is 0 Å². The Morgan fingerprint density at radius 2 is 2.50 bits per heavy atom. The van der Waals surface area contributed by atoms with Crippen LogP contribution in [0.1, 0.15) is 23.7 Å². The lowest BCUT2D eigenvalue weighted by molar-refractivity contribution is 0.410. The first kappa shape index (κ1) is 7.80. The Kier molecular flexibility index (Phi) is 1.89. The molecule has 3 heteroatoms. The largest absolute Gasteiger partial charge is 0.306 e. The first-order valence-electron chi connectivity index (χ1n) is 4.46. The summed E-state index contributed by atoms with van der Waals surface area (Å²) in [7, 11) is 2.17. The van der Waals surface area contributed by atoms with Crippen molar-refractivity contribution >= 4 is 0 Å². The quantitative estimate of drug-likeness (QED) is 0.676. The highest BCUT2D eigenvalue weighted by atomic mass is 15.1. The molecule has 2 heterocycles. The minimum absolute atomic E-state index is 0.653. The summed E-state index contributed by atoms with van der Waals surface area (Å²) < 4.78 is 0. The minimum Gasteiger partial charge on any atom is -0.306 e. The number of aryl methyl sites for hydroxylation is 1. The molecule has 2 rings (SSSR count). The standard InChI is InChI=1S/C9H15N3/c1-7-5-9(11-10-7)8-3-4-12(2)6-8/h5,8H,3-4,6H2,1-2H3,(H,10,11). The van der Waals surface area contributed by atoms with Crippen LogP contribution in [-0.4, -0.2) is 35.2 Å². The molecular weight excluding hydrogens is 150 g/mol. The van der Waals surface area contributed by atoms with Crippen molar-refractivity contribution in [2.45, 2.75) is 19.3 Å². The van der Waals surface area contributed by atoms with E-state index in [0.717, 1.165) is 6.54 Å². The summed E-state index contributed by atoms with van der Waals surface area (Å²) in [4.78, 5) is 2.36. The zero-order valence-corrected chi connectivity index (χ0v) is 7.67. The number of H-pyrrole nitrogens is 1. The molecule has 1 aliphatic heterocycles. The van der Waals surface area contributed by atoms with Gasteiger partial charge in [0.2, 0.25) is 0 Å². The second-order valence-corrected chi connectivity index (χ2v) is 3.72. The number of aromatic nitrogens is 2. The lowest BCUT2D eigenvalue weighted by Gasteiger charge is -2.06. The molecule has 3 nitrogen and oxygen atoms in total. The smallest absolute Gasteiger partial charge is 0.0669 e. The molecule has 0 bridgehead atoms. The van der Waals surface area contributed by atoms with Crippen molar-refractivity contribution in [1.29, 1.82) is 0 Å². The van der Waals surface area contributed by atoms with Gasteiger partial charge < -0.3 is 4.90 Å². The molecule has 1 fully saturated rings. The molecule has 0 amide bonds. The topological polar surface area (TPSA) is 31.9 Å². The Bertz CT molecular complexity index is 266. The van der Waals surface area contributed by atoms with Crippen molar-refractivity contribution in [3.8, 4) is 0 Å². The van der Waals surface area contributed by atoms with E-state index >= 15 is 0 Å². The fourth-order valence-electron chi connectivity index (χ4n) is 1.82. The molecular formula is C9H15N3. The van der Waals surface area contributed by atoms with Gasteiger partial charge in [0.1, 0.15) is 0 Å². The van der Waals surface area contributed by atoms with Gasteiger partial charge in [-0.2, -0.15) is 5.10 Å². The first-order chi connectivity index (χ1) is 5.75. The number of hydrogen-bond donors (Lipinski definition) is 1. The highest BCUT2D eigenvalue weighted by Crippen LogP contribution is 2.24. The molecule has 1 unspecified atom stereocenters. The fourth-order valence-corrected chi connectivity index (χ4v) is 1.82. The monoisotopic (exact) mass is 165 g/mol. The van der Waals surface area contributed by atoms with E-state index in [1.165, 1.54) is 24.4 Å². The molecule has 1 saturated heterocycles. The van der Waals surface area contributed by atoms with Gasteiger partial charge in [0.25, 0.3) is 0 Å². The maximum Gasteiger partial charge on any atom is 0.0669 e. The van der Waals surface area contributed by atoms with Gasteiger partial charge in [-0.15, -0.1) is 0 Å². The second kappa shape index (κ2) is 2.90. The van der Waals surface area contributed by atoms with Crippen LogP contribution in [0.3, 0.4) is 0 Å². The number of likely N-dealkylation sites (N-methyl/N-ethyl adjacent to an activating group) is 1. The van der Waals surface area contributed by atoms with E-state index in [0.29, 0.717) is 5.92 Å². The van der Waals surface area contributed by atoms with E-state index in [2.05, 4.69) is 35.1 Å². The maximum atomic E-state index is 4.28. The number of nitrogens with zero attached hydrogens (tertiary/aromatic N) is 2. The van der Waals surface area contributed by atoms with Crippen LogP contribution in [0.15, 0.2) is 6.07 Å². The molecule has 1 aromatic rings. The lowest BCUT2D eigenvalue weighted by atomic mass is 10.1. The van der Waals surface area contributed by atoms with Crippen LogP contribution in [0.2, 0.25) is 0 Å². The number of rotatable bonds is 1. The molecule has 0 spiro atoms. The van der Waals surface area contributed by atoms with Crippen LogP contribution < -0.4 is 0 Å². The van der Waals surface area contributed by atoms with Gasteiger partial charge in [-0.25, -0.2) is 0 Å². The van der Waals surface area contributed by atoms with Crippen LogP contribution in [0.5, 0.6) is 0 Å². The zero-order chi connectivity index (χ0) is 8.55. The van der Waals surface area contributed by atoms with E-state index in [4.69, 9.17) is 0 Å². The van der Waals surface area contributed by atoms with Crippen molar-refractivity contribution < 1.29 is 0 Å². The highest BCUT2D eigenvalue weighted by Gasteiger charge is 2.22. The van der Waals surface area contributed by atoms with Crippen molar-refractivity contribution in [1.82, 2.24) is 15.1 Å². The Morgan fingerprint density at radius 3 is 3.00 bits per heavy atom. The van der Waals surface area contributed by atoms with E-state index in [1.54, 1.807) is 0 Å². The van der Waals surface area contributed by atoms with E-state index in [-0.39, 0.29) is 0 Å². The molecule has 12 heavy (non-hydrogen) atoms. The van der Waals surface area contributed by atoms with E-state index < -0.39 is 0 Å². The predicted molar refractivity (Wildman–Crippen MR) is 48.2 cm³/mol. The normalized spacial score (nSPS) is 25.0. The fraction of sp³-hybridized carbons (Fsp3) is 0.667. The summed E-state index contributed by atoms with van der Waals surface area (Å²) in [5.41, 5.74) is 2.40. The third kappa shape index (κ3) is 1.37. The first-order valence-corrected chi connectivity index (χ1v) is 4.46. The van der Waals surface area contributed by atoms with E-state index in [1.807, 2.05) is 0 Å². The molecule has 0 aromatic carbocycles. The number of hydrogen-bond acceptors (Lipinski definition) is 2. The Morgan fingerprint density at radius 1 is 1.67 bits per heavy atom. The molecule has 1 N–H and O–H groups in total. The molecule has 0 radical (unpaired) electrons. The van der Waals surface area contributed by atoms with Gasteiger partial charge in [-0.3, -0.25) is 5.10 Å². The molecule has 66 valence electrons. The van der Waals surface area contributed by atoms with Crippen molar-refractivity contribution in [3.63, 3.8) is 0 Å². The molecule has 1 atom stereocenters. The molecule has 0 aliphatic carbocycles. The van der Waals surface area contributed by atoms with Crippen LogP contribution >= 0.6 is 0 Å². The summed E-state index contributed by atoms with van der Waals surface area (Å²) in [6.45, 7) is 4.41. The lowest BCUT2D eigenvalue weighted by Crippen LogP contribution is -2.13. The van der Waals surface area contributed by atoms with Crippen molar-refractivity contribution in [2.75, 3.05) is 20.1 Å². The highest BCUT2D eigenvalue weighted by molar-refractivity contribution is 5.13. The number of likely N-dealkylation sites (tertiary alicyclic amines) is 1. The van der Waals surface area contributed by atoms with Gasteiger partial charge in [0.15, 0.2) is 0 Å². The van der Waals surface area contributed by atoms with Crippen molar-refractivity contribution in [3.05, 3.63) is 17.5 Å². The maximum absolute atomic E-state index is 4.28. The summed E-state index contributed by atoms with van der Waals surface area (Å²) >= 11 is 0. The van der Waals surface area contributed by atoms with Gasteiger partial charge in [0, 0.05) is 18.2 Å². The van der Waals surface area contributed by atoms with Gasteiger partial charge >= 0.3 is 0 Å². The summed E-state index contributed by atoms with van der Waals surface area (Å²) in [5, 5.41) is 7.27. The van der Waals surface area contributed by atoms with Crippen LogP contribution in [-0.2, 0) is 0 Å². The molecule has 1 aromatic heterocycles. The second-order valence-electron chi connectivity index (χ2n) is 3.72. The zero-order valence-electron chi connectivity index (χ0n) is 7.67. The number of nitrogens with one attached hydrogen (secondary N) is 1. The third-order valence-corrected chi connectivity index (χ3v) is 2.54. The minimum atomic E-state index is 0.653. The SMILES string of the molecule is Cc1cc(C2CCN(C)C2)n[nH]1. The summed E-state index contributed by atoms with van der Waals surface area (Å²) in [6, 6.07) is 2.16. The van der Waals surface area contributed by atoms with Gasteiger partial charge in [-0.1, -0.05) is 0 Å². The third-order valence-electron chi connectivity index (χ3n) is 2.54. The van der Waals surface area contributed by atoms with Crippen LogP contribution in [0.4, 0.5) is 0 Å². The Hall–Kier alpha value is -0.830. The van der Waals surface area contributed by atoms with E-state index in [9.17, 15) is 0 Å². The van der Waals surface area contributed by atoms with Gasteiger partial charge in [-0.05, 0) is 33.0 Å². The summed E-state index contributed by atoms with van der Waals surface area (Å²) in [6.07, 6.45) is 1.25.